The summed E-state index contributed by atoms with van der Waals surface area (Å²) in [6.45, 7) is 9.09. The first-order chi connectivity index (χ1) is 13.2. The van der Waals surface area contributed by atoms with Crippen LogP contribution in [0.25, 0.3) is 22.0 Å². The highest BCUT2D eigenvalue weighted by molar-refractivity contribution is 5.89. The molecule has 0 spiro atoms. The van der Waals surface area contributed by atoms with Crippen LogP contribution in [0.1, 0.15) is 46.2 Å². The lowest BCUT2D eigenvalue weighted by molar-refractivity contribution is 0.128. The van der Waals surface area contributed by atoms with E-state index in [-0.39, 0.29) is 16.8 Å². The van der Waals surface area contributed by atoms with Gasteiger partial charge in [0.05, 0.1) is 11.4 Å². The Morgan fingerprint density at radius 1 is 1.00 bits per heavy atom. The summed E-state index contributed by atoms with van der Waals surface area (Å²) in [6, 6.07) is 9.60. The van der Waals surface area contributed by atoms with Crippen molar-refractivity contribution in [2.45, 2.75) is 58.0 Å². The Morgan fingerprint density at radius 2 is 1.75 bits per heavy atom. The van der Waals surface area contributed by atoms with E-state index >= 15 is 0 Å². The number of rotatable bonds is 3. The Hall–Kier alpha value is -2.53. The van der Waals surface area contributed by atoms with E-state index in [4.69, 9.17) is 0 Å². The van der Waals surface area contributed by atoms with Crippen molar-refractivity contribution in [2.24, 2.45) is 5.92 Å². The molecule has 1 saturated heterocycles. The predicted molar refractivity (Wildman–Crippen MR) is 112 cm³/mol. The molecule has 2 aromatic heterocycles. The van der Waals surface area contributed by atoms with E-state index in [1.54, 1.807) is 18.5 Å². The number of phenols is 1. The maximum atomic E-state index is 10.4. The Labute approximate surface area is 166 Å². The molecule has 4 rings (SSSR count). The third kappa shape index (κ3) is 3.99. The van der Waals surface area contributed by atoms with Gasteiger partial charge in [-0.1, -0.05) is 0 Å². The summed E-state index contributed by atoms with van der Waals surface area (Å²) < 4.78 is 0. The second-order valence-corrected chi connectivity index (χ2v) is 9.37. The summed E-state index contributed by atoms with van der Waals surface area (Å²) in [5.74, 6) is 0.775. The molecule has 1 fully saturated rings. The Morgan fingerprint density at radius 3 is 2.43 bits per heavy atom. The van der Waals surface area contributed by atoms with Crippen LogP contribution in [0.2, 0.25) is 0 Å². The molecule has 0 radical (unpaired) electrons. The quantitative estimate of drug-likeness (QED) is 0.704. The first kappa shape index (κ1) is 18.8. The molecule has 3 heterocycles. The smallest absolute Gasteiger partial charge is 0.125 e. The second-order valence-electron chi connectivity index (χ2n) is 9.37. The topological polar surface area (TPSA) is 70.9 Å². The molecule has 5 heteroatoms. The minimum atomic E-state index is 0.130. The molecule has 3 aromatic rings. The first-order valence-electron chi connectivity index (χ1n) is 9.90. The SMILES string of the molecule is CC1(C)CC(Cc2ccc(-c3cc4ccncc4cc3O)nn2)CC(C)(C)N1. The molecule has 2 N–H and O–H groups in total. The third-order valence-corrected chi connectivity index (χ3v) is 5.52. The molecule has 1 aliphatic heterocycles. The molecule has 1 aliphatic rings. The fourth-order valence-corrected chi connectivity index (χ4v) is 4.92. The van der Waals surface area contributed by atoms with Crippen molar-refractivity contribution in [1.29, 1.82) is 0 Å². The highest BCUT2D eigenvalue weighted by Crippen LogP contribution is 2.35. The van der Waals surface area contributed by atoms with Gasteiger partial charge in [-0.05, 0) is 88.6 Å². The number of aromatic nitrogens is 3. The van der Waals surface area contributed by atoms with Gasteiger partial charge in [0.2, 0.25) is 0 Å². The average molecular weight is 377 g/mol. The van der Waals surface area contributed by atoms with Crippen molar-refractivity contribution < 1.29 is 5.11 Å². The number of fused-ring (bicyclic) bond motifs is 1. The van der Waals surface area contributed by atoms with Crippen molar-refractivity contribution in [1.82, 2.24) is 20.5 Å². The minimum Gasteiger partial charge on any atom is -0.507 e. The van der Waals surface area contributed by atoms with Gasteiger partial charge in [0, 0.05) is 34.4 Å². The Balaban J connectivity index is 1.55. The fraction of sp³-hybridized carbons (Fsp3) is 0.435. The summed E-state index contributed by atoms with van der Waals surface area (Å²) in [7, 11) is 0. The summed E-state index contributed by atoms with van der Waals surface area (Å²) in [5, 5.41) is 24.9. The van der Waals surface area contributed by atoms with Crippen molar-refractivity contribution in [3.05, 3.63) is 48.4 Å². The maximum Gasteiger partial charge on any atom is 0.125 e. The van der Waals surface area contributed by atoms with Crippen LogP contribution < -0.4 is 5.32 Å². The van der Waals surface area contributed by atoms with Crippen LogP contribution in [0.3, 0.4) is 0 Å². The summed E-state index contributed by atoms with van der Waals surface area (Å²) in [5.41, 5.74) is 2.65. The number of aromatic hydroxyl groups is 1. The number of phenolic OH excluding ortho intramolecular Hbond substituents is 1. The lowest BCUT2D eigenvalue weighted by atomic mass is 9.74. The highest BCUT2D eigenvalue weighted by atomic mass is 16.3. The molecule has 0 unspecified atom stereocenters. The first-order valence-corrected chi connectivity index (χ1v) is 9.90. The monoisotopic (exact) mass is 376 g/mol. The van der Waals surface area contributed by atoms with Crippen LogP contribution in [0.4, 0.5) is 0 Å². The normalized spacial score (nSPS) is 19.0. The maximum absolute atomic E-state index is 10.4. The highest BCUT2D eigenvalue weighted by Gasteiger charge is 2.37. The Kier molecular flexibility index (Phi) is 4.58. The average Bonchev–Trinajstić information content (AvgIpc) is 2.59. The van der Waals surface area contributed by atoms with Gasteiger partial charge in [-0.3, -0.25) is 4.98 Å². The second kappa shape index (κ2) is 6.82. The molecular formula is C23H28N4O. The van der Waals surface area contributed by atoms with Gasteiger partial charge in [-0.15, -0.1) is 0 Å². The number of hydrogen-bond acceptors (Lipinski definition) is 5. The number of nitrogens with zero attached hydrogens (tertiary/aromatic N) is 3. The minimum absolute atomic E-state index is 0.130. The third-order valence-electron chi connectivity index (χ3n) is 5.52. The molecule has 5 nitrogen and oxygen atoms in total. The lowest BCUT2D eigenvalue weighted by Crippen LogP contribution is -2.58. The van der Waals surface area contributed by atoms with Gasteiger partial charge in [0.15, 0.2) is 0 Å². The van der Waals surface area contributed by atoms with E-state index < -0.39 is 0 Å². The number of benzene rings is 1. The molecule has 0 amide bonds. The molecule has 0 bridgehead atoms. The number of nitrogens with one attached hydrogen (secondary N) is 1. The van der Waals surface area contributed by atoms with Crippen LogP contribution in [0, 0.1) is 5.92 Å². The standard InChI is InChI=1S/C23H28N4O/c1-22(2)12-15(13-23(3,4)27-22)9-18-5-6-20(26-25-18)19-10-16-7-8-24-14-17(16)11-21(19)28/h5-8,10-11,14-15,27-28H,9,12-13H2,1-4H3. The zero-order chi connectivity index (χ0) is 19.9. The molecule has 0 atom stereocenters. The van der Waals surface area contributed by atoms with E-state index in [1.807, 2.05) is 24.3 Å². The summed E-state index contributed by atoms with van der Waals surface area (Å²) >= 11 is 0. The van der Waals surface area contributed by atoms with Crippen molar-refractivity contribution in [3.63, 3.8) is 0 Å². The summed E-state index contributed by atoms with van der Waals surface area (Å²) in [6.07, 6.45) is 6.67. The van der Waals surface area contributed by atoms with E-state index in [0.717, 1.165) is 35.7 Å². The van der Waals surface area contributed by atoms with Gasteiger partial charge in [0.1, 0.15) is 5.75 Å². The van der Waals surface area contributed by atoms with Gasteiger partial charge < -0.3 is 10.4 Å². The fourth-order valence-electron chi connectivity index (χ4n) is 4.92. The zero-order valence-corrected chi connectivity index (χ0v) is 17.0. The van der Waals surface area contributed by atoms with E-state index in [2.05, 4.69) is 48.2 Å². The van der Waals surface area contributed by atoms with Crippen molar-refractivity contribution in [2.75, 3.05) is 0 Å². The van der Waals surface area contributed by atoms with E-state index in [9.17, 15) is 5.11 Å². The molecule has 28 heavy (non-hydrogen) atoms. The van der Waals surface area contributed by atoms with Gasteiger partial charge >= 0.3 is 0 Å². The van der Waals surface area contributed by atoms with Crippen LogP contribution in [-0.4, -0.2) is 31.4 Å². The lowest BCUT2D eigenvalue weighted by Gasteiger charge is -2.46. The van der Waals surface area contributed by atoms with Crippen LogP contribution >= 0.6 is 0 Å². The van der Waals surface area contributed by atoms with Gasteiger partial charge in [-0.25, -0.2) is 0 Å². The van der Waals surface area contributed by atoms with Crippen LogP contribution in [0.15, 0.2) is 42.7 Å². The Bertz CT molecular complexity index is 979. The molecule has 146 valence electrons. The molecule has 0 aliphatic carbocycles. The molecule has 1 aromatic carbocycles. The zero-order valence-electron chi connectivity index (χ0n) is 17.0. The molecular weight excluding hydrogens is 348 g/mol. The van der Waals surface area contributed by atoms with Crippen molar-refractivity contribution >= 4 is 10.8 Å². The number of piperidine rings is 1. The van der Waals surface area contributed by atoms with E-state index in [0.29, 0.717) is 17.2 Å². The largest absolute Gasteiger partial charge is 0.507 e. The number of pyridine rings is 1. The van der Waals surface area contributed by atoms with Gasteiger partial charge in [0.25, 0.3) is 0 Å². The summed E-state index contributed by atoms with van der Waals surface area (Å²) in [4.78, 5) is 4.10. The number of hydrogen-bond donors (Lipinski definition) is 2. The van der Waals surface area contributed by atoms with Crippen LogP contribution in [0.5, 0.6) is 5.75 Å². The van der Waals surface area contributed by atoms with Crippen molar-refractivity contribution in [3.8, 4) is 17.0 Å². The van der Waals surface area contributed by atoms with Crippen LogP contribution in [-0.2, 0) is 6.42 Å². The van der Waals surface area contributed by atoms with Gasteiger partial charge in [-0.2, -0.15) is 10.2 Å². The predicted octanol–water partition coefficient (Wildman–Crippen LogP) is 4.50. The molecule has 0 saturated carbocycles. The van der Waals surface area contributed by atoms with E-state index in [1.165, 1.54) is 0 Å².